The van der Waals surface area contributed by atoms with Crippen molar-refractivity contribution in [1.29, 1.82) is 0 Å². The summed E-state index contributed by atoms with van der Waals surface area (Å²) >= 11 is 0. The van der Waals surface area contributed by atoms with Gasteiger partial charge in [-0.25, -0.2) is 4.98 Å². The van der Waals surface area contributed by atoms with Crippen LogP contribution in [0.4, 0.5) is 13.2 Å². The average Bonchev–Trinajstić information content (AvgIpc) is 3.15. The van der Waals surface area contributed by atoms with Crippen molar-refractivity contribution in [3.63, 3.8) is 0 Å². The predicted molar refractivity (Wildman–Crippen MR) is 110 cm³/mol. The Morgan fingerprint density at radius 1 is 1.00 bits per heavy atom. The molecule has 0 saturated heterocycles. The minimum absolute atomic E-state index is 0.269. The van der Waals surface area contributed by atoms with Crippen molar-refractivity contribution >= 4 is 15.8 Å². The maximum absolute atomic E-state index is 12.8. The molecule has 0 unspecified atom stereocenters. The minimum Gasteiger partial charge on any atom is -0.292 e. The lowest BCUT2D eigenvalue weighted by Gasteiger charge is -2.09. The fourth-order valence-electron chi connectivity index (χ4n) is 3.12. The van der Waals surface area contributed by atoms with Crippen molar-refractivity contribution in [2.24, 2.45) is 0 Å². The monoisotopic (exact) mass is 457 g/mol. The number of rotatable bonds is 2. The highest BCUT2D eigenvalue weighted by Gasteiger charge is 2.30. The molecular formula is C22H14F3N3O3S. The van der Waals surface area contributed by atoms with E-state index in [-0.39, 0.29) is 10.5 Å². The fraction of sp³-hybridized carbons (Fsp3) is 0.0909. The quantitative estimate of drug-likeness (QED) is 0.357. The summed E-state index contributed by atoms with van der Waals surface area (Å²) in [5, 5.41) is 0. The number of pyridine rings is 2. The number of aromatic nitrogens is 3. The van der Waals surface area contributed by atoms with Crippen molar-refractivity contribution in [1.82, 2.24) is 14.4 Å². The van der Waals surface area contributed by atoms with Gasteiger partial charge in [0.2, 0.25) is 0 Å². The van der Waals surface area contributed by atoms with Gasteiger partial charge in [-0.1, -0.05) is 18.1 Å². The van der Waals surface area contributed by atoms with Crippen LogP contribution >= 0.6 is 0 Å². The van der Waals surface area contributed by atoms with Gasteiger partial charge >= 0.3 is 6.18 Å². The van der Waals surface area contributed by atoms with E-state index < -0.39 is 21.9 Å². The van der Waals surface area contributed by atoms with E-state index >= 15 is 0 Å². The van der Waals surface area contributed by atoms with Gasteiger partial charge in [0.05, 0.1) is 11.8 Å². The second kappa shape index (κ2) is 7.78. The van der Waals surface area contributed by atoms with E-state index in [9.17, 15) is 21.6 Å². The summed E-state index contributed by atoms with van der Waals surface area (Å²) in [5.41, 5.74) is 2.72. The number of hydrogen-bond acceptors (Lipinski definition) is 4. The standard InChI is InChI=1S/C22H14F3N3O3S/c1-14-8-17(16-3-5-18(6-4-16)22(23,24)25)13-28-19(11-27-21(14)28)7-2-15-9-20(12-26-10-15)32(29,30)31/h3-6,8-13H,1H3,(H,29,30,31). The Labute approximate surface area is 181 Å². The van der Waals surface area contributed by atoms with Gasteiger partial charge in [0.15, 0.2) is 0 Å². The smallest absolute Gasteiger partial charge is 0.292 e. The third-order valence-electron chi connectivity index (χ3n) is 4.68. The molecule has 0 aliphatic heterocycles. The second-order valence-electron chi connectivity index (χ2n) is 6.96. The van der Waals surface area contributed by atoms with Gasteiger partial charge in [-0.3, -0.25) is 13.9 Å². The molecule has 0 radical (unpaired) electrons. The maximum atomic E-state index is 12.8. The van der Waals surface area contributed by atoms with E-state index in [0.29, 0.717) is 22.5 Å². The summed E-state index contributed by atoms with van der Waals surface area (Å²) < 4.78 is 71.9. The molecule has 0 atom stereocenters. The Bertz CT molecular complexity index is 1500. The third-order valence-corrected chi connectivity index (χ3v) is 5.50. The summed E-state index contributed by atoms with van der Waals surface area (Å²) in [6.45, 7) is 1.83. The first kappa shape index (κ1) is 21.5. The van der Waals surface area contributed by atoms with Gasteiger partial charge in [0.25, 0.3) is 10.1 Å². The molecule has 6 nitrogen and oxygen atoms in total. The zero-order valence-corrected chi connectivity index (χ0v) is 17.2. The maximum Gasteiger partial charge on any atom is 0.416 e. The lowest BCUT2D eigenvalue weighted by molar-refractivity contribution is -0.137. The average molecular weight is 457 g/mol. The highest BCUT2D eigenvalue weighted by Crippen LogP contribution is 2.31. The van der Waals surface area contributed by atoms with Crippen LogP contribution in [0.1, 0.15) is 22.4 Å². The van der Waals surface area contributed by atoms with Gasteiger partial charge in [-0.05, 0) is 53.8 Å². The van der Waals surface area contributed by atoms with Gasteiger partial charge in [0, 0.05) is 24.2 Å². The van der Waals surface area contributed by atoms with Crippen molar-refractivity contribution in [3.05, 3.63) is 83.6 Å². The highest BCUT2D eigenvalue weighted by molar-refractivity contribution is 7.85. The molecule has 0 saturated carbocycles. The Kier molecular flexibility index (Phi) is 5.24. The zero-order chi connectivity index (χ0) is 23.1. The van der Waals surface area contributed by atoms with Crippen LogP contribution in [0.3, 0.4) is 0 Å². The Balaban J connectivity index is 1.75. The van der Waals surface area contributed by atoms with E-state index in [0.717, 1.165) is 23.9 Å². The fourth-order valence-corrected chi connectivity index (χ4v) is 3.59. The van der Waals surface area contributed by atoms with E-state index in [1.165, 1.54) is 30.6 Å². The zero-order valence-electron chi connectivity index (χ0n) is 16.4. The van der Waals surface area contributed by atoms with Crippen LogP contribution in [0.2, 0.25) is 0 Å². The summed E-state index contributed by atoms with van der Waals surface area (Å²) in [5.74, 6) is 5.66. The molecule has 162 valence electrons. The number of hydrogen-bond donors (Lipinski definition) is 1. The lowest BCUT2D eigenvalue weighted by Crippen LogP contribution is -2.04. The van der Waals surface area contributed by atoms with E-state index in [1.54, 1.807) is 10.6 Å². The summed E-state index contributed by atoms with van der Waals surface area (Å²) in [7, 11) is -4.40. The number of alkyl halides is 3. The van der Waals surface area contributed by atoms with E-state index in [2.05, 4.69) is 21.8 Å². The molecule has 0 amide bonds. The van der Waals surface area contributed by atoms with Gasteiger partial charge in [-0.15, -0.1) is 0 Å². The van der Waals surface area contributed by atoms with Crippen LogP contribution in [0, 0.1) is 18.8 Å². The molecule has 4 aromatic rings. The molecule has 0 aliphatic carbocycles. The largest absolute Gasteiger partial charge is 0.416 e. The van der Waals surface area contributed by atoms with Crippen molar-refractivity contribution in [2.45, 2.75) is 18.0 Å². The van der Waals surface area contributed by atoms with Crippen molar-refractivity contribution < 1.29 is 26.1 Å². The number of benzene rings is 1. The highest BCUT2D eigenvalue weighted by atomic mass is 32.2. The van der Waals surface area contributed by atoms with Crippen LogP contribution in [0.25, 0.3) is 16.8 Å². The SMILES string of the molecule is Cc1cc(-c2ccc(C(F)(F)F)cc2)cn2c(C#Cc3cncc(S(=O)(=O)O)c3)cnc12. The third kappa shape index (κ3) is 4.34. The first-order valence-corrected chi connectivity index (χ1v) is 10.6. The molecule has 0 fully saturated rings. The molecule has 1 aromatic carbocycles. The molecule has 4 rings (SSSR count). The van der Waals surface area contributed by atoms with Gasteiger partial charge < -0.3 is 0 Å². The Morgan fingerprint density at radius 3 is 2.38 bits per heavy atom. The van der Waals surface area contributed by atoms with Gasteiger partial charge in [0.1, 0.15) is 16.2 Å². The predicted octanol–water partition coefficient (Wildman–Crippen LogP) is 4.37. The number of imidazole rings is 1. The van der Waals surface area contributed by atoms with Crippen LogP contribution in [0.15, 0.2) is 66.1 Å². The van der Waals surface area contributed by atoms with Crippen LogP contribution in [0.5, 0.6) is 0 Å². The van der Waals surface area contributed by atoms with Crippen LogP contribution < -0.4 is 0 Å². The summed E-state index contributed by atoms with van der Waals surface area (Å²) in [6.07, 6.45) is 1.20. The molecule has 1 N–H and O–H groups in total. The molecular weight excluding hydrogens is 443 g/mol. The summed E-state index contributed by atoms with van der Waals surface area (Å²) in [6, 6.07) is 7.87. The Morgan fingerprint density at radius 2 is 1.72 bits per heavy atom. The lowest BCUT2D eigenvalue weighted by atomic mass is 10.0. The van der Waals surface area contributed by atoms with E-state index in [4.69, 9.17) is 4.55 Å². The molecule has 32 heavy (non-hydrogen) atoms. The number of fused-ring (bicyclic) bond motifs is 1. The first-order valence-electron chi connectivity index (χ1n) is 9.12. The van der Waals surface area contributed by atoms with Crippen molar-refractivity contribution in [2.75, 3.05) is 0 Å². The Hall–Kier alpha value is -3.68. The molecule has 0 bridgehead atoms. The van der Waals surface area contributed by atoms with Gasteiger partial charge in [-0.2, -0.15) is 21.6 Å². The normalized spacial score (nSPS) is 11.9. The minimum atomic E-state index is -4.41. The van der Waals surface area contributed by atoms with Crippen LogP contribution in [-0.4, -0.2) is 27.3 Å². The number of nitrogens with zero attached hydrogens (tertiary/aromatic N) is 3. The molecule has 3 heterocycles. The topological polar surface area (TPSA) is 84.6 Å². The number of halogens is 3. The molecule has 3 aromatic heterocycles. The molecule has 10 heteroatoms. The summed E-state index contributed by atoms with van der Waals surface area (Å²) in [4.78, 5) is 7.72. The second-order valence-corrected chi connectivity index (χ2v) is 8.38. The first-order chi connectivity index (χ1) is 15.0. The van der Waals surface area contributed by atoms with Crippen LogP contribution in [-0.2, 0) is 16.3 Å². The molecule has 0 spiro atoms. The number of aryl methyl sites for hydroxylation is 1. The molecule has 0 aliphatic rings. The van der Waals surface area contributed by atoms with Crippen molar-refractivity contribution in [3.8, 4) is 23.0 Å². The van der Waals surface area contributed by atoms with E-state index in [1.807, 2.05) is 13.0 Å².